The van der Waals surface area contributed by atoms with Gasteiger partial charge in [0, 0.05) is 5.56 Å². The van der Waals surface area contributed by atoms with Crippen molar-refractivity contribution in [2.24, 2.45) is 0 Å². The molecule has 0 bridgehead atoms. The van der Waals surface area contributed by atoms with Gasteiger partial charge in [-0.1, -0.05) is 56.4 Å². The number of ether oxygens (including phenoxy) is 1. The molecule has 4 aromatic rings. The first-order valence-corrected chi connectivity index (χ1v) is 12.5. The molecule has 2 heterocycles. The Morgan fingerprint density at radius 3 is 2.32 bits per heavy atom. The number of amides is 1. The van der Waals surface area contributed by atoms with Gasteiger partial charge in [0.2, 0.25) is 0 Å². The smallest absolute Gasteiger partial charge is 0.301 e. The van der Waals surface area contributed by atoms with E-state index in [1.54, 1.807) is 24.3 Å². The van der Waals surface area contributed by atoms with Crippen molar-refractivity contribution in [3.63, 3.8) is 0 Å². The number of methoxy groups -OCH3 is 1. The van der Waals surface area contributed by atoms with Crippen LogP contribution in [0.3, 0.4) is 0 Å². The average molecular weight is 517 g/mol. The molecule has 1 fully saturated rings. The average Bonchev–Trinajstić information content (AvgIpc) is 3.40. The monoisotopic (exact) mass is 516 g/mol. The number of carbonyl (C=O) groups excluding carboxylic acids is 2. The summed E-state index contributed by atoms with van der Waals surface area (Å²) in [4.78, 5) is 32.6. The predicted molar refractivity (Wildman–Crippen MR) is 142 cm³/mol. The Morgan fingerprint density at radius 2 is 1.70 bits per heavy atom. The number of rotatable bonds is 4. The van der Waals surface area contributed by atoms with Crippen molar-refractivity contribution in [1.29, 1.82) is 0 Å². The number of Topliss-reactive ketones (excluding diaryl/α,β-unsaturated/α-hetero) is 1. The second-order valence-corrected chi connectivity index (χ2v) is 10.9. The number of aromatic nitrogens is 1. The van der Waals surface area contributed by atoms with Crippen molar-refractivity contribution in [3.8, 4) is 5.75 Å². The maximum Gasteiger partial charge on any atom is 0.301 e. The number of hydrogen-bond donors (Lipinski definition) is 1. The van der Waals surface area contributed by atoms with Crippen molar-refractivity contribution in [2.45, 2.75) is 32.2 Å². The van der Waals surface area contributed by atoms with Crippen molar-refractivity contribution in [2.75, 3.05) is 12.0 Å². The summed E-state index contributed by atoms with van der Waals surface area (Å²) >= 11 is 1.12. The van der Waals surface area contributed by atoms with Crippen LogP contribution in [0.5, 0.6) is 5.75 Å². The molecule has 6 nitrogen and oxygen atoms in total. The van der Waals surface area contributed by atoms with Crippen LogP contribution >= 0.6 is 11.3 Å². The quantitative estimate of drug-likeness (QED) is 0.194. The minimum atomic E-state index is -0.915. The molecule has 1 saturated heterocycles. The molecule has 1 atom stereocenters. The highest BCUT2D eigenvalue weighted by Gasteiger charge is 2.48. The maximum absolute atomic E-state index is 13.8. The normalized spacial score (nSPS) is 17.5. The lowest BCUT2D eigenvalue weighted by molar-refractivity contribution is -0.132. The number of nitrogens with zero attached hydrogens (tertiary/aromatic N) is 2. The molecule has 37 heavy (non-hydrogen) atoms. The zero-order chi connectivity index (χ0) is 26.5. The van der Waals surface area contributed by atoms with Crippen LogP contribution in [0.4, 0.5) is 9.52 Å². The van der Waals surface area contributed by atoms with E-state index in [4.69, 9.17) is 4.74 Å². The lowest BCUT2D eigenvalue weighted by Crippen LogP contribution is -2.29. The summed E-state index contributed by atoms with van der Waals surface area (Å²) in [7, 11) is 1.53. The van der Waals surface area contributed by atoms with Gasteiger partial charge in [-0.3, -0.25) is 14.5 Å². The van der Waals surface area contributed by atoms with E-state index in [1.165, 1.54) is 30.2 Å². The lowest BCUT2D eigenvalue weighted by atomic mass is 9.85. The van der Waals surface area contributed by atoms with Gasteiger partial charge in [-0.25, -0.2) is 9.37 Å². The molecule has 3 aromatic carbocycles. The number of carbonyl (C=O) groups is 2. The van der Waals surface area contributed by atoms with E-state index in [9.17, 15) is 19.1 Å². The molecule has 1 aliphatic rings. The number of aliphatic hydroxyl groups is 1. The molecule has 188 valence electrons. The van der Waals surface area contributed by atoms with E-state index >= 15 is 0 Å². The number of fused-ring (bicyclic) bond motifs is 1. The van der Waals surface area contributed by atoms with E-state index in [1.807, 2.05) is 24.3 Å². The fraction of sp³-hybridized carbons (Fsp3) is 0.207. The predicted octanol–water partition coefficient (Wildman–Crippen LogP) is 6.37. The number of hydrogen-bond acceptors (Lipinski definition) is 6. The van der Waals surface area contributed by atoms with Gasteiger partial charge in [0.15, 0.2) is 5.13 Å². The fourth-order valence-corrected chi connectivity index (χ4v) is 5.42. The highest BCUT2D eigenvalue weighted by atomic mass is 32.1. The first-order chi connectivity index (χ1) is 17.6. The van der Waals surface area contributed by atoms with Crippen LogP contribution in [-0.2, 0) is 15.0 Å². The van der Waals surface area contributed by atoms with Gasteiger partial charge < -0.3 is 9.84 Å². The molecule has 5 rings (SSSR count). The molecule has 0 unspecified atom stereocenters. The third kappa shape index (κ3) is 4.38. The second-order valence-electron chi connectivity index (χ2n) is 9.88. The van der Waals surface area contributed by atoms with Crippen LogP contribution in [-0.4, -0.2) is 28.9 Å². The molecule has 0 radical (unpaired) electrons. The molecular weight excluding hydrogens is 491 g/mol. The van der Waals surface area contributed by atoms with Crippen molar-refractivity contribution >= 4 is 44.1 Å². The summed E-state index contributed by atoms with van der Waals surface area (Å²) in [6.45, 7) is 6.29. The fourth-order valence-electron chi connectivity index (χ4n) is 4.40. The van der Waals surface area contributed by atoms with Gasteiger partial charge in [-0.2, -0.15) is 0 Å². The third-order valence-electron chi connectivity index (χ3n) is 6.45. The first kappa shape index (κ1) is 24.6. The van der Waals surface area contributed by atoms with E-state index < -0.39 is 23.5 Å². The largest absolute Gasteiger partial charge is 0.507 e. The zero-order valence-electron chi connectivity index (χ0n) is 20.8. The van der Waals surface area contributed by atoms with E-state index in [-0.39, 0.29) is 21.9 Å². The molecular formula is C29H25FN2O4S. The van der Waals surface area contributed by atoms with Crippen LogP contribution in [0.25, 0.3) is 16.0 Å². The van der Waals surface area contributed by atoms with Gasteiger partial charge in [-0.05, 0) is 59.0 Å². The van der Waals surface area contributed by atoms with Gasteiger partial charge in [0.25, 0.3) is 5.78 Å². The van der Waals surface area contributed by atoms with Crippen LogP contribution < -0.4 is 9.64 Å². The summed E-state index contributed by atoms with van der Waals surface area (Å²) in [5, 5.41) is 11.6. The Bertz CT molecular complexity index is 1550. The highest BCUT2D eigenvalue weighted by Crippen LogP contribution is 2.44. The molecule has 0 spiro atoms. The van der Waals surface area contributed by atoms with Crippen LogP contribution in [0.2, 0.25) is 0 Å². The van der Waals surface area contributed by atoms with Gasteiger partial charge in [-0.15, -0.1) is 0 Å². The summed E-state index contributed by atoms with van der Waals surface area (Å²) in [6, 6.07) is 17.5. The molecule has 1 N–H and O–H groups in total. The number of thiazole rings is 1. The van der Waals surface area contributed by atoms with Crippen LogP contribution in [0.15, 0.2) is 72.3 Å². The number of ketones is 1. The van der Waals surface area contributed by atoms with E-state index in [0.29, 0.717) is 27.1 Å². The molecule has 0 saturated carbocycles. The minimum absolute atomic E-state index is 0.0379. The summed E-state index contributed by atoms with van der Waals surface area (Å²) < 4.78 is 19.6. The first-order valence-electron chi connectivity index (χ1n) is 11.7. The SMILES string of the molecule is COc1ccc(/C(O)=C2\C(=O)C(=O)N(c3nc4ccc(F)cc4s3)[C@@H]2c2ccc(C(C)(C)C)cc2)cc1. The molecule has 0 aliphatic carbocycles. The van der Waals surface area contributed by atoms with E-state index in [2.05, 4.69) is 25.8 Å². The standard InChI is InChI=1S/C29H25FN2O4S/c1-29(2,3)18-9-5-16(6-10-18)24-23(25(33)17-7-12-20(36-4)13-8-17)26(34)27(35)32(24)28-31-21-14-11-19(30)15-22(21)37-28/h5-15,24,33H,1-4H3/b25-23+/t24-/m1/s1. The molecule has 1 aromatic heterocycles. The number of halogens is 1. The maximum atomic E-state index is 13.8. The topological polar surface area (TPSA) is 79.7 Å². The minimum Gasteiger partial charge on any atom is -0.507 e. The van der Waals surface area contributed by atoms with Crippen molar-refractivity contribution in [1.82, 2.24) is 4.98 Å². The van der Waals surface area contributed by atoms with Crippen LogP contribution in [0.1, 0.15) is 43.5 Å². The Labute approximate surface area is 217 Å². The Kier molecular flexibility index (Phi) is 6.07. The molecule has 1 amide bonds. The lowest BCUT2D eigenvalue weighted by Gasteiger charge is -2.24. The van der Waals surface area contributed by atoms with Gasteiger partial charge >= 0.3 is 5.91 Å². The number of benzene rings is 3. The Morgan fingerprint density at radius 1 is 1.03 bits per heavy atom. The van der Waals surface area contributed by atoms with E-state index in [0.717, 1.165) is 16.9 Å². The Balaban J connectivity index is 1.70. The zero-order valence-corrected chi connectivity index (χ0v) is 21.6. The number of aliphatic hydroxyl groups excluding tert-OH is 1. The summed E-state index contributed by atoms with van der Waals surface area (Å²) in [5.41, 5.74) is 2.48. The molecule has 1 aliphatic heterocycles. The van der Waals surface area contributed by atoms with Crippen molar-refractivity contribution in [3.05, 3.63) is 94.8 Å². The number of anilines is 1. The van der Waals surface area contributed by atoms with Crippen LogP contribution in [0, 0.1) is 5.82 Å². The Hall–Kier alpha value is -4.04. The van der Waals surface area contributed by atoms with Crippen molar-refractivity contribution < 1.29 is 23.8 Å². The highest BCUT2D eigenvalue weighted by molar-refractivity contribution is 7.22. The molecule has 8 heteroatoms. The summed E-state index contributed by atoms with van der Waals surface area (Å²) in [6.07, 6.45) is 0. The third-order valence-corrected chi connectivity index (χ3v) is 7.46. The van der Waals surface area contributed by atoms with Gasteiger partial charge in [0.1, 0.15) is 17.3 Å². The van der Waals surface area contributed by atoms with Gasteiger partial charge in [0.05, 0.1) is 28.9 Å². The second kappa shape index (κ2) is 9.12. The summed E-state index contributed by atoms with van der Waals surface area (Å²) in [5.74, 6) is -1.74.